The van der Waals surface area contributed by atoms with E-state index in [1.165, 1.54) is 13.5 Å². The van der Waals surface area contributed by atoms with E-state index in [-0.39, 0.29) is 17.4 Å². The molecule has 2 aliphatic rings. The van der Waals surface area contributed by atoms with Gasteiger partial charge in [-0.15, -0.1) is 0 Å². The zero-order chi connectivity index (χ0) is 12.5. The summed E-state index contributed by atoms with van der Waals surface area (Å²) >= 11 is 0. The van der Waals surface area contributed by atoms with Crippen molar-refractivity contribution < 1.29 is 9.53 Å². The monoisotopic (exact) mass is 240 g/mol. The number of nitrogens with two attached hydrogens (primary N) is 1. The van der Waals surface area contributed by atoms with Crippen LogP contribution in [0, 0.1) is 11.3 Å². The van der Waals surface area contributed by atoms with Crippen molar-refractivity contribution in [1.82, 2.24) is 4.90 Å². The fourth-order valence-electron chi connectivity index (χ4n) is 3.39. The van der Waals surface area contributed by atoms with Crippen LogP contribution in [0.1, 0.15) is 32.1 Å². The molecule has 0 bridgehead atoms. The van der Waals surface area contributed by atoms with Crippen molar-refractivity contribution in [1.29, 1.82) is 0 Å². The highest BCUT2D eigenvalue weighted by atomic mass is 16.5. The van der Waals surface area contributed by atoms with Gasteiger partial charge in [0.05, 0.1) is 12.5 Å². The third kappa shape index (κ3) is 2.20. The Labute approximate surface area is 103 Å². The molecule has 0 spiro atoms. The van der Waals surface area contributed by atoms with Crippen LogP contribution in [0.3, 0.4) is 0 Å². The van der Waals surface area contributed by atoms with E-state index in [0.717, 1.165) is 38.8 Å². The van der Waals surface area contributed by atoms with E-state index in [1.54, 1.807) is 0 Å². The van der Waals surface area contributed by atoms with Crippen LogP contribution in [-0.4, -0.2) is 44.2 Å². The molecule has 0 radical (unpaired) electrons. The zero-order valence-corrected chi connectivity index (χ0v) is 10.9. The summed E-state index contributed by atoms with van der Waals surface area (Å²) in [7, 11) is 3.60. The topological polar surface area (TPSA) is 55.6 Å². The van der Waals surface area contributed by atoms with E-state index < -0.39 is 0 Å². The average Bonchev–Trinajstić information content (AvgIpc) is 2.27. The molecule has 1 aliphatic carbocycles. The number of methoxy groups -OCH3 is 1. The first kappa shape index (κ1) is 12.8. The van der Waals surface area contributed by atoms with Crippen molar-refractivity contribution in [2.45, 2.75) is 38.1 Å². The molecule has 2 atom stereocenters. The van der Waals surface area contributed by atoms with E-state index in [0.29, 0.717) is 5.92 Å². The molecule has 1 aliphatic heterocycles. The molecule has 2 N–H and O–H groups in total. The summed E-state index contributed by atoms with van der Waals surface area (Å²) in [6.45, 7) is 2.16. The van der Waals surface area contributed by atoms with Gasteiger partial charge in [-0.3, -0.25) is 4.79 Å². The lowest BCUT2D eigenvalue weighted by Crippen LogP contribution is -2.58. The Morgan fingerprint density at radius 1 is 1.47 bits per heavy atom. The molecule has 4 heteroatoms. The fraction of sp³-hybridized carbons (Fsp3) is 0.923. The van der Waals surface area contributed by atoms with Gasteiger partial charge in [-0.1, -0.05) is 6.42 Å². The second-order valence-corrected chi connectivity index (χ2v) is 5.69. The predicted molar refractivity (Wildman–Crippen MR) is 66.5 cm³/mol. The number of hydrogen-bond donors (Lipinski definition) is 1. The van der Waals surface area contributed by atoms with E-state index in [1.807, 2.05) is 0 Å². The Bertz CT molecular complexity index is 289. The van der Waals surface area contributed by atoms with Gasteiger partial charge in [0.1, 0.15) is 0 Å². The predicted octanol–water partition coefficient (Wildman–Crippen LogP) is 0.999. The van der Waals surface area contributed by atoms with Crippen molar-refractivity contribution in [3.05, 3.63) is 0 Å². The lowest BCUT2D eigenvalue weighted by atomic mass is 9.60. The molecule has 1 heterocycles. The molecule has 0 aromatic rings. The molecule has 1 saturated carbocycles. The van der Waals surface area contributed by atoms with Gasteiger partial charge >= 0.3 is 5.97 Å². The van der Waals surface area contributed by atoms with Crippen LogP contribution in [0.15, 0.2) is 0 Å². The molecular formula is C13H24N2O2. The summed E-state index contributed by atoms with van der Waals surface area (Å²) in [4.78, 5) is 14.3. The smallest absolute Gasteiger partial charge is 0.313 e. The van der Waals surface area contributed by atoms with Gasteiger partial charge in [-0.25, -0.2) is 0 Å². The molecule has 0 aromatic carbocycles. The molecule has 17 heavy (non-hydrogen) atoms. The highest BCUT2D eigenvalue weighted by Gasteiger charge is 2.52. The van der Waals surface area contributed by atoms with Crippen molar-refractivity contribution in [3.63, 3.8) is 0 Å². The number of rotatable bonds is 3. The van der Waals surface area contributed by atoms with Crippen LogP contribution in [0.25, 0.3) is 0 Å². The van der Waals surface area contributed by atoms with Gasteiger partial charge in [0, 0.05) is 12.6 Å². The van der Waals surface area contributed by atoms with Crippen LogP contribution in [0.2, 0.25) is 0 Å². The molecule has 2 rings (SSSR count). The number of hydrogen-bond acceptors (Lipinski definition) is 4. The molecule has 0 amide bonds. The van der Waals surface area contributed by atoms with Crippen molar-refractivity contribution in [2.24, 2.45) is 17.1 Å². The van der Waals surface area contributed by atoms with E-state index in [2.05, 4.69) is 11.9 Å². The van der Waals surface area contributed by atoms with Gasteiger partial charge < -0.3 is 15.4 Å². The lowest BCUT2D eigenvalue weighted by Gasteiger charge is -2.48. The Balaban J connectivity index is 2.06. The molecule has 98 valence electrons. The normalized spacial score (nSPS) is 30.4. The molecule has 2 fully saturated rings. The summed E-state index contributed by atoms with van der Waals surface area (Å²) in [5, 5.41) is 0. The first-order chi connectivity index (χ1) is 8.10. The quantitative estimate of drug-likeness (QED) is 0.748. The number of esters is 1. The van der Waals surface area contributed by atoms with E-state index in [4.69, 9.17) is 10.5 Å². The molecular weight excluding hydrogens is 216 g/mol. The Morgan fingerprint density at radius 2 is 2.18 bits per heavy atom. The summed E-state index contributed by atoms with van der Waals surface area (Å²) < 4.78 is 4.96. The first-order valence-electron chi connectivity index (χ1n) is 6.63. The second kappa shape index (κ2) is 4.94. The van der Waals surface area contributed by atoms with Gasteiger partial charge in [0.25, 0.3) is 0 Å². The number of nitrogens with zero attached hydrogens (tertiary/aromatic N) is 1. The van der Waals surface area contributed by atoms with Gasteiger partial charge in [-0.05, 0) is 45.2 Å². The summed E-state index contributed by atoms with van der Waals surface area (Å²) in [5.41, 5.74) is 6.02. The summed E-state index contributed by atoms with van der Waals surface area (Å²) in [6.07, 6.45) is 5.24. The Kier molecular flexibility index (Phi) is 3.73. The van der Waals surface area contributed by atoms with Gasteiger partial charge in [-0.2, -0.15) is 0 Å². The van der Waals surface area contributed by atoms with E-state index in [9.17, 15) is 4.79 Å². The summed E-state index contributed by atoms with van der Waals surface area (Å²) in [5.74, 6) is 0.345. The minimum absolute atomic E-state index is 0.0357. The minimum atomic E-state index is -0.377. The minimum Gasteiger partial charge on any atom is -0.469 e. The SMILES string of the molecule is COC(=O)C1(C(N)C2CCCN(C)C2)CCC1. The maximum atomic E-state index is 12.0. The molecule has 4 nitrogen and oxygen atoms in total. The van der Waals surface area contributed by atoms with Crippen LogP contribution in [0.5, 0.6) is 0 Å². The van der Waals surface area contributed by atoms with Crippen molar-refractivity contribution >= 4 is 5.97 Å². The van der Waals surface area contributed by atoms with Crippen LogP contribution < -0.4 is 5.73 Å². The lowest BCUT2D eigenvalue weighted by molar-refractivity contribution is -0.162. The first-order valence-corrected chi connectivity index (χ1v) is 6.63. The molecule has 1 saturated heterocycles. The van der Waals surface area contributed by atoms with Gasteiger partial charge in [0.2, 0.25) is 0 Å². The van der Waals surface area contributed by atoms with Crippen LogP contribution in [-0.2, 0) is 9.53 Å². The average molecular weight is 240 g/mol. The standard InChI is InChI=1S/C13H24N2O2/c1-15-8-3-5-10(9-15)11(14)13(6-4-7-13)12(16)17-2/h10-11H,3-9,14H2,1-2H3. The second-order valence-electron chi connectivity index (χ2n) is 5.69. The Hall–Kier alpha value is -0.610. The van der Waals surface area contributed by atoms with Crippen molar-refractivity contribution in [3.8, 4) is 0 Å². The molecule has 2 unspecified atom stereocenters. The largest absolute Gasteiger partial charge is 0.469 e. The van der Waals surface area contributed by atoms with Crippen LogP contribution >= 0.6 is 0 Å². The summed E-state index contributed by atoms with van der Waals surface area (Å²) in [6, 6.07) is -0.0357. The molecule has 0 aromatic heterocycles. The number of ether oxygens (including phenoxy) is 1. The number of carbonyl (C=O) groups is 1. The zero-order valence-electron chi connectivity index (χ0n) is 10.9. The number of likely N-dealkylation sites (tertiary alicyclic amines) is 1. The maximum Gasteiger partial charge on any atom is 0.313 e. The maximum absolute atomic E-state index is 12.0. The fourth-order valence-corrected chi connectivity index (χ4v) is 3.39. The van der Waals surface area contributed by atoms with Crippen molar-refractivity contribution in [2.75, 3.05) is 27.2 Å². The van der Waals surface area contributed by atoms with Gasteiger partial charge in [0.15, 0.2) is 0 Å². The third-order valence-corrected chi connectivity index (χ3v) is 4.64. The van der Waals surface area contributed by atoms with E-state index >= 15 is 0 Å². The highest BCUT2D eigenvalue weighted by Crippen LogP contribution is 2.47. The Morgan fingerprint density at radius 3 is 2.65 bits per heavy atom. The third-order valence-electron chi connectivity index (χ3n) is 4.64. The highest BCUT2D eigenvalue weighted by molar-refractivity contribution is 5.78. The van der Waals surface area contributed by atoms with Crippen LogP contribution in [0.4, 0.5) is 0 Å². The number of carbonyl (C=O) groups excluding carboxylic acids is 1. The number of piperidine rings is 1.